The van der Waals surface area contributed by atoms with Crippen LogP contribution in [-0.4, -0.2) is 81.9 Å². The quantitative estimate of drug-likeness (QED) is 0.343. The molecular formula is C22H37IN4O2. The average molecular weight is 516 g/mol. The molecule has 2 heterocycles. The van der Waals surface area contributed by atoms with E-state index in [2.05, 4.69) is 47.2 Å². The van der Waals surface area contributed by atoms with Gasteiger partial charge in [0.25, 0.3) is 0 Å². The fraction of sp³-hybridized carbons (Fsp3) is 0.682. The number of aryl methyl sites for hydroxylation is 1. The van der Waals surface area contributed by atoms with Gasteiger partial charge in [0.15, 0.2) is 5.96 Å². The van der Waals surface area contributed by atoms with Gasteiger partial charge in [-0.05, 0) is 49.8 Å². The highest BCUT2D eigenvalue weighted by molar-refractivity contribution is 14.0. The zero-order valence-electron chi connectivity index (χ0n) is 18.2. The minimum absolute atomic E-state index is 0. The molecule has 2 aliphatic rings. The van der Waals surface area contributed by atoms with Gasteiger partial charge in [0.1, 0.15) is 5.75 Å². The van der Waals surface area contributed by atoms with Gasteiger partial charge in [-0.3, -0.25) is 9.89 Å². The maximum absolute atomic E-state index is 5.47. The summed E-state index contributed by atoms with van der Waals surface area (Å²) in [5.41, 5.74) is 2.44. The number of halogens is 1. The number of aliphatic imine (C=N–C) groups is 1. The van der Waals surface area contributed by atoms with E-state index in [-0.39, 0.29) is 24.0 Å². The first kappa shape index (κ1) is 24.2. The third-order valence-corrected chi connectivity index (χ3v) is 5.67. The van der Waals surface area contributed by atoms with E-state index in [0.717, 1.165) is 76.5 Å². The molecule has 0 spiro atoms. The number of hydrogen-bond acceptors (Lipinski definition) is 4. The SMILES string of the molecule is CCNC(=NCCc1ccc(C)c(OC)c1)N1CCC(CN2CCOCC2)C1.I. The van der Waals surface area contributed by atoms with Gasteiger partial charge in [-0.1, -0.05) is 12.1 Å². The summed E-state index contributed by atoms with van der Waals surface area (Å²) in [7, 11) is 1.73. The lowest BCUT2D eigenvalue weighted by Gasteiger charge is -2.29. The molecule has 1 atom stereocenters. The van der Waals surface area contributed by atoms with Crippen molar-refractivity contribution in [1.29, 1.82) is 0 Å². The predicted molar refractivity (Wildman–Crippen MR) is 130 cm³/mol. The Bertz CT molecular complexity index is 650. The molecule has 29 heavy (non-hydrogen) atoms. The molecule has 0 saturated carbocycles. The number of methoxy groups -OCH3 is 1. The highest BCUT2D eigenvalue weighted by Gasteiger charge is 2.27. The van der Waals surface area contributed by atoms with Crippen molar-refractivity contribution in [2.24, 2.45) is 10.9 Å². The molecule has 0 aromatic heterocycles. The average Bonchev–Trinajstić information content (AvgIpc) is 3.17. The largest absolute Gasteiger partial charge is 0.496 e. The van der Waals surface area contributed by atoms with Crippen LogP contribution in [0.5, 0.6) is 5.75 Å². The van der Waals surface area contributed by atoms with Crippen molar-refractivity contribution in [2.75, 3.05) is 66.1 Å². The molecule has 1 aromatic carbocycles. The zero-order chi connectivity index (χ0) is 19.8. The molecule has 7 heteroatoms. The van der Waals surface area contributed by atoms with E-state index in [4.69, 9.17) is 14.5 Å². The van der Waals surface area contributed by atoms with Gasteiger partial charge in [0, 0.05) is 45.8 Å². The Hall–Kier alpha value is -1.06. The number of nitrogens with zero attached hydrogens (tertiary/aromatic N) is 3. The molecule has 1 N–H and O–H groups in total. The van der Waals surface area contributed by atoms with Crippen LogP contribution in [0.15, 0.2) is 23.2 Å². The Labute approximate surface area is 193 Å². The molecule has 164 valence electrons. The van der Waals surface area contributed by atoms with Crippen LogP contribution in [0.25, 0.3) is 0 Å². The van der Waals surface area contributed by atoms with Crippen molar-refractivity contribution >= 4 is 29.9 Å². The van der Waals surface area contributed by atoms with Crippen LogP contribution in [0.4, 0.5) is 0 Å². The summed E-state index contributed by atoms with van der Waals surface area (Å²) in [6, 6.07) is 6.43. The summed E-state index contributed by atoms with van der Waals surface area (Å²) >= 11 is 0. The third-order valence-electron chi connectivity index (χ3n) is 5.67. The lowest BCUT2D eigenvalue weighted by atomic mass is 10.1. The van der Waals surface area contributed by atoms with Crippen LogP contribution in [-0.2, 0) is 11.2 Å². The maximum Gasteiger partial charge on any atom is 0.193 e. The topological polar surface area (TPSA) is 49.3 Å². The molecule has 0 bridgehead atoms. The number of rotatable bonds is 7. The maximum atomic E-state index is 5.47. The molecule has 1 unspecified atom stereocenters. The summed E-state index contributed by atoms with van der Waals surface area (Å²) in [5.74, 6) is 2.74. The number of morpholine rings is 1. The summed E-state index contributed by atoms with van der Waals surface area (Å²) in [6.07, 6.45) is 2.17. The minimum atomic E-state index is 0. The number of guanidine groups is 1. The van der Waals surface area contributed by atoms with E-state index in [9.17, 15) is 0 Å². The van der Waals surface area contributed by atoms with E-state index in [0.29, 0.717) is 0 Å². The van der Waals surface area contributed by atoms with Crippen LogP contribution in [0.2, 0.25) is 0 Å². The van der Waals surface area contributed by atoms with Gasteiger partial charge in [0.2, 0.25) is 0 Å². The fourth-order valence-electron chi connectivity index (χ4n) is 4.06. The summed E-state index contributed by atoms with van der Waals surface area (Å²) in [6.45, 7) is 13.2. The molecular weight excluding hydrogens is 479 g/mol. The van der Waals surface area contributed by atoms with E-state index >= 15 is 0 Å². The number of hydrogen-bond donors (Lipinski definition) is 1. The summed E-state index contributed by atoms with van der Waals surface area (Å²) in [4.78, 5) is 9.89. The number of ether oxygens (including phenoxy) is 2. The van der Waals surface area contributed by atoms with Gasteiger partial charge >= 0.3 is 0 Å². The second-order valence-electron chi connectivity index (χ2n) is 7.80. The molecule has 6 nitrogen and oxygen atoms in total. The van der Waals surface area contributed by atoms with Crippen molar-refractivity contribution in [1.82, 2.24) is 15.1 Å². The molecule has 0 amide bonds. The van der Waals surface area contributed by atoms with Crippen LogP contribution >= 0.6 is 24.0 Å². The van der Waals surface area contributed by atoms with Crippen molar-refractivity contribution in [3.63, 3.8) is 0 Å². The molecule has 3 rings (SSSR count). The Kier molecular flexibility index (Phi) is 10.5. The van der Waals surface area contributed by atoms with Crippen LogP contribution in [0.1, 0.15) is 24.5 Å². The van der Waals surface area contributed by atoms with Crippen LogP contribution in [0.3, 0.4) is 0 Å². The van der Waals surface area contributed by atoms with Gasteiger partial charge in [0.05, 0.1) is 20.3 Å². The van der Waals surface area contributed by atoms with Gasteiger partial charge < -0.3 is 19.7 Å². The van der Waals surface area contributed by atoms with E-state index in [1.165, 1.54) is 24.1 Å². The zero-order valence-corrected chi connectivity index (χ0v) is 20.5. The van der Waals surface area contributed by atoms with Crippen LogP contribution in [0, 0.1) is 12.8 Å². The summed E-state index contributed by atoms with van der Waals surface area (Å²) < 4.78 is 10.9. The highest BCUT2D eigenvalue weighted by atomic mass is 127. The molecule has 2 saturated heterocycles. The van der Waals surface area contributed by atoms with Crippen molar-refractivity contribution in [3.05, 3.63) is 29.3 Å². The second-order valence-corrected chi connectivity index (χ2v) is 7.80. The Morgan fingerprint density at radius 2 is 2.07 bits per heavy atom. The smallest absolute Gasteiger partial charge is 0.193 e. The van der Waals surface area contributed by atoms with Gasteiger partial charge in [-0.25, -0.2) is 0 Å². The fourth-order valence-corrected chi connectivity index (χ4v) is 4.06. The number of likely N-dealkylation sites (tertiary alicyclic amines) is 1. The predicted octanol–water partition coefficient (Wildman–Crippen LogP) is 2.78. The van der Waals surface area contributed by atoms with Gasteiger partial charge in [-0.2, -0.15) is 0 Å². The van der Waals surface area contributed by atoms with Gasteiger partial charge in [-0.15, -0.1) is 24.0 Å². The van der Waals surface area contributed by atoms with Crippen molar-refractivity contribution in [3.8, 4) is 5.75 Å². The molecule has 0 radical (unpaired) electrons. The first-order chi connectivity index (χ1) is 13.7. The Morgan fingerprint density at radius 1 is 1.28 bits per heavy atom. The van der Waals surface area contributed by atoms with E-state index in [1.54, 1.807) is 7.11 Å². The van der Waals surface area contributed by atoms with E-state index < -0.39 is 0 Å². The number of nitrogens with one attached hydrogen (secondary N) is 1. The van der Waals surface area contributed by atoms with Crippen molar-refractivity contribution < 1.29 is 9.47 Å². The molecule has 2 aliphatic heterocycles. The number of benzene rings is 1. The summed E-state index contributed by atoms with van der Waals surface area (Å²) in [5, 5.41) is 3.48. The first-order valence-corrected chi connectivity index (χ1v) is 10.7. The first-order valence-electron chi connectivity index (χ1n) is 10.7. The van der Waals surface area contributed by atoms with Crippen LogP contribution < -0.4 is 10.1 Å². The second kappa shape index (κ2) is 12.6. The van der Waals surface area contributed by atoms with Crippen molar-refractivity contribution in [2.45, 2.75) is 26.7 Å². The lowest BCUT2D eigenvalue weighted by molar-refractivity contribution is 0.0315. The molecule has 2 fully saturated rings. The lowest BCUT2D eigenvalue weighted by Crippen LogP contribution is -2.42. The monoisotopic (exact) mass is 516 g/mol. The highest BCUT2D eigenvalue weighted by Crippen LogP contribution is 2.20. The normalized spacial score (nSPS) is 20.4. The third kappa shape index (κ3) is 7.29. The molecule has 1 aromatic rings. The Balaban J connectivity index is 0.00000300. The van der Waals surface area contributed by atoms with E-state index in [1.807, 2.05) is 0 Å². The Morgan fingerprint density at radius 3 is 2.79 bits per heavy atom. The standard InChI is InChI=1S/C22H36N4O2.HI/c1-4-23-22(24-9-7-19-6-5-18(2)21(15-19)27-3)26-10-8-20(17-26)16-25-11-13-28-14-12-25;/h5-6,15,20H,4,7-14,16-17H2,1-3H3,(H,23,24);1H. The minimum Gasteiger partial charge on any atom is -0.496 e. The molecule has 0 aliphatic carbocycles.